The smallest absolute Gasteiger partial charge is 0.258 e. The minimum atomic E-state index is -0.984. The van der Waals surface area contributed by atoms with Crippen molar-refractivity contribution >= 4 is 11.3 Å². The lowest BCUT2D eigenvalue weighted by Crippen LogP contribution is -2.40. The highest BCUT2D eigenvalue weighted by atomic mass is 32.1. The maximum Gasteiger partial charge on any atom is 0.258 e. The van der Waals surface area contributed by atoms with Crippen molar-refractivity contribution in [2.75, 3.05) is 0 Å². The van der Waals surface area contributed by atoms with E-state index in [1.54, 1.807) is 11.3 Å². The Morgan fingerprint density at radius 1 is 1.19 bits per heavy atom. The van der Waals surface area contributed by atoms with E-state index in [4.69, 9.17) is 4.52 Å². The average Bonchev–Trinajstić information content (AvgIpc) is 3.15. The van der Waals surface area contributed by atoms with Crippen LogP contribution in [0.1, 0.15) is 30.2 Å². The molecule has 4 nitrogen and oxygen atoms in total. The lowest BCUT2D eigenvalue weighted by molar-refractivity contribution is -0.0792. The summed E-state index contributed by atoms with van der Waals surface area (Å²) in [5.74, 6) is 1.23. The molecule has 5 heteroatoms. The molecule has 0 amide bonds. The number of aliphatic hydroxyl groups is 1. The van der Waals surface area contributed by atoms with Gasteiger partial charge in [0.1, 0.15) is 5.60 Å². The predicted octanol–water partition coefficient (Wildman–Crippen LogP) is 3.56. The number of aromatic nitrogens is 2. The molecule has 1 N–H and O–H groups in total. The first-order valence-corrected chi connectivity index (χ1v) is 7.83. The molecular weight excluding hydrogens is 284 g/mol. The topological polar surface area (TPSA) is 59.2 Å². The van der Waals surface area contributed by atoms with Crippen LogP contribution in [-0.4, -0.2) is 15.2 Å². The molecule has 2 heterocycles. The molecule has 21 heavy (non-hydrogen) atoms. The van der Waals surface area contributed by atoms with Gasteiger partial charge in [-0.3, -0.25) is 0 Å². The molecule has 0 aliphatic heterocycles. The molecule has 1 fully saturated rings. The largest absolute Gasteiger partial charge is 0.380 e. The molecule has 3 aromatic rings. The van der Waals surface area contributed by atoms with Crippen molar-refractivity contribution in [2.24, 2.45) is 0 Å². The molecule has 1 aromatic carbocycles. The van der Waals surface area contributed by atoms with Crippen LogP contribution in [0.2, 0.25) is 0 Å². The second kappa shape index (κ2) is 4.79. The fraction of sp³-hybridized carbons (Fsp3) is 0.250. The van der Waals surface area contributed by atoms with Crippen molar-refractivity contribution < 1.29 is 9.63 Å². The molecular formula is C16H14N2O2S. The summed E-state index contributed by atoms with van der Waals surface area (Å²) in [6.07, 6.45) is 1.25. The Labute approximate surface area is 126 Å². The van der Waals surface area contributed by atoms with Crippen LogP contribution in [0, 0.1) is 0 Å². The first-order valence-electron chi connectivity index (χ1n) is 6.89. The summed E-state index contributed by atoms with van der Waals surface area (Å²) in [5, 5.41) is 18.5. The minimum Gasteiger partial charge on any atom is -0.380 e. The normalized spacial score (nSPS) is 24.7. The van der Waals surface area contributed by atoms with E-state index in [-0.39, 0.29) is 0 Å². The van der Waals surface area contributed by atoms with Crippen LogP contribution in [0.5, 0.6) is 0 Å². The highest BCUT2D eigenvalue weighted by molar-refractivity contribution is 7.08. The number of hydrogen-bond donors (Lipinski definition) is 1. The maximum atomic E-state index is 10.6. The summed E-state index contributed by atoms with van der Waals surface area (Å²) >= 11 is 1.58. The van der Waals surface area contributed by atoms with Gasteiger partial charge in [0.15, 0.2) is 0 Å². The Kier molecular flexibility index (Phi) is 2.90. The molecule has 1 aliphatic rings. The monoisotopic (exact) mass is 298 g/mol. The minimum absolute atomic E-state index is 0.330. The lowest BCUT2D eigenvalue weighted by atomic mass is 9.68. The van der Waals surface area contributed by atoms with Gasteiger partial charge in [-0.2, -0.15) is 16.3 Å². The molecule has 0 unspecified atom stereocenters. The first kappa shape index (κ1) is 12.7. The van der Waals surface area contributed by atoms with E-state index in [1.165, 1.54) is 5.56 Å². The predicted molar refractivity (Wildman–Crippen MR) is 79.9 cm³/mol. The summed E-state index contributed by atoms with van der Waals surface area (Å²) in [4.78, 5) is 4.35. The van der Waals surface area contributed by atoms with Crippen molar-refractivity contribution in [3.8, 4) is 11.4 Å². The van der Waals surface area contributed by atoms with Gasteiger partial charge in [-0.15, -0.1) is 0 Å². The van der Waals surface area contributed by atoms with Crippen LogP contribution in [0.25, 0.3) is 11.4 Å². The molecule has 2 aromatic heterocycles. The fourth-order valence-electron chi connectivity index (χ4n) is 2.81. The summed E-state index contributed by atoms with van der Waals surface area (Å²) in [6, 6.07) is 12.2. The second-order valence-electron chi connectivity index (χ2n) is 5.48. The Hall–Kier alpha value is -1.98. The van der Waals surface area contributed by atoms with Gasteiger partial charge in [0, 0.05) is 10.9 Å². The summed E-state index contributed by atoms with van der Waals surface area (Å²) in [6.45, 7) is 0. The zero-order chi connectivity index (χ0) is 14.3. The van der Waals surface area contributed by atoms with Gasteiger partial charge in [0.25, 0.3) is 5.89 Å². The van der Waals surface area contributed by atoms with Crippen molar-refractivity contribution in [3.63, 3.8) is 0 Å². The van der Waals surface area contributed by atoms with Gasteiger partial charge in [-0.05, 0) is 35.8 Å². The first-order chi connectivity index (χ1) is 10.2. The zero-order valence-electron chi connectivity index (χ0n) is 11.3. The highest BCUT2D eigenvalue weighted by Crippen LogP contribution is 2.50. The molecule has 1 aliphatic carbocycles. The third-order valence-corrected chi connectivity index (χ3v) is 4.73. The van der Waals surface area contributed by atoms with Crippen LogP contribution < -0.4 is 0 Å². The number of benzene rings is 1. The number of rotatable bonds is 3. The van der Waals surface area contributed by atoms with Crippen LogP contribution in [0.4, 0.5) is 0 Å². The van der Waals surface area contributed by atoms with Gasteiger partial charge in [0.2, 0.25) is 5.82 Å². The van der Waals surface area contributed by atoms with E-state index in [9.17, 15) is 5.11 Å². The number of thiophene rings is 1. The van der Waals surface area contributed by atoms with E-state index >= 15 is 0 Å². The quantitative estimate of drug-likeness (QED) is 0.803. The Bertz CT molecular complexity index is 731. The molecule has 4 rings (SSSR count). The molecule has 1 saturated carbocycles. The van der Waals surface area contributed by atoms with E-state index in [0.29, 0.717) is 30.5 Å². The maximum absolute atomic E-state index is 10.6. The summed E-state index contributed by atoms with van der Waals surface area (Å²) in [5.41, 5.74) is 1.19. The van der Waals surface area contributed by atoms with Gasteiger partial charge in [0.05, 0.1) is 0 Å². The van der Waals surface area contributed by atoms with E-state index in [1.807, 2.05) is 35.0 Å². The van der Waals surface area contributed by atoms with Crippen LogP contribution in [-0.2, 0) is 5.60 Å². The lowest BCUT2D eigenvalue weighted by Gasteiger charge is -2.41. The van der Waals surface area contributed by atoms with Gasteiger partial charge in [-0.25, -0.2) is 0 Å². The van der Waals surface area contributed by atoms with Crippen molar-refractivity contribution in [1.29, 1.82) is 0 Å². The zero-order valence-corrected chi connectivity index (χ0v) is 12.1. The molecule has 0 saturated heterocycles. The van der Waals surface area contributed by atoms with Crippen LogP contribution in [0.15, 0.2) is 51.7 Å². The van der Waals surface area contributed by atoms with Crippen LogP contribution >= 0.6 is 11.3 Å². The Morgan fingerprint density at radius 3 is 2.71 bits per heavy atom. The summed E-state index contributed by atoms with van der Waals surface area (Å²) < 4.78 is 5.27. The molecule has 0 radical (unpaired) electrons. The Balaban J connectivity index is 1.53. The Morgan fingerprint density at radius 2 is 2.00 bits per heavy atom. The molecule has 0 atom stereocenters. The highest BCUT2D eigenvalue weighted by Gasteiger charge is 2.48. The van der Waals surface area contributed by atoms with Gasteiger partial charge in [-0.1, -0.05) is 35.5 Å². The van der Waals surface area contributed by atoms with Crippen molar-refractivity contribution in [3.05, 3.63) is 58.6 Å². The van der Waals surface area contributed by atoms with Crippen molar-refractivity contribution in [1.82, 2.24) is 10.1 Å². The molecule has 106 valence electrons. The van der Waals surface area contributed by atoms with Gasteiger partial charge >= 0.3 is 0 Å². The SMILES string of the molecule is OC1(c2nc(-c3ccsc3)no2)CC(c2ccccc2)C1. The van der Waals surface area contributed by atoms with E-state index in [0.717, 1.165) is 5.56 Å². The average molecular weight is 298 g/mol. The molecule has 0 spiro atoms. The third-order valence-electron chi connectivity index (χ3n) is 4.04. The van der Waals surface area contributed by atoms with E-state index < -0.39 is 5.60 Å². The van der Waals surface area contributed by atoms with Gasteiger partial charge < -0.3 is 9.63 Å². The second-order valence-corrected chi connectivity index (χ2v) is 6.26. The standard InChI is InChI=1S/C16H14N2O2S/c19-16(8-13(9-16)11-4-2-1-3-5-11)15-17-14(18-20-15)12-6-7-21-10-12/h1-7,10,13,19H,8-9H2. The van der Waals surface area contributed by atoms with E-state index in [2.05, 4.69) is 22.3 Å². The molecule has 0 bridgehead atoms. The third kappa shape index (κ3) is 2.18. The van der Waals surface area contributed by atoms with Crippen LogP contribution in [0.3, 0.4) is 0 Å². The number of nitrogens with zero attached hydrogens (tertiary/aromatic N) is 2. The summed E-state index contributed by atoms with van der Waals surface area (Å²) in [7, 11) is 0. The number of hydrogen-bond acceptors (Lipinski definition) is 5. The van der Waals surface area contributed by atoms with Crippen molar-refractivity contribution in [2.45, 2.75) is 24.4 Å². The fourth-order valence-corrected chi connectivity index (χ4v) is 3.45.